The van der Waals surface area contributed by atoms with E-state index in [2.05, 4.69) is 0 Å². The molecule has 0 atom stereocenters. The molecule has 19 heavy (non-hydrogen) atoms. The van der Waals surface area contributed by atoms with Crippen molar-refractivity contribution < 1.29 is 13.9 Å². The first-order valence-electron chi connectivity index (χ1n) is 5.78. The van der Waals surface area contributed by atoms with E-state index < -0.39 is 0 Å². The molecule has 98 valence electrons. The third-order valence-corrected chi connectivity index (χ3v) is 2.78. The summed E-state index contributed by atoms with van der Waals surface area (Å²) in [5, 5.41) is 0.616. The number of carbonyl (C=O) groups is 1. The molecule has 0 unspecified atom stereocenters. The first-order valence-corrected chi connectivity index (χ1v) is 6.16. The Hall–Kier alpha value is -1.87. The smallest absolute Gasteiger partial charge is 0.174 e. The lowest BCUT2D eigenvalue weighted by Crippen LogP contribution is -2.13. The minimum atomic E-state index is -0.311. The Kier molecular flexibility index (Phi) is 4.53. The largest absolute Gasteiger partial charge is 0.486 e. The van der Waals surface area contributed by atoms with Gasteiger partial charge in [-0.05, 0) is 42.0 Å². The fraction of sp³-hybridized carbons (Fsp3) is 0.133. The molecule has 0 aliphatic heterocycles. The highest BCUT2D eigenvalue weighted by atomic mass is 35.5. The molecule has 2 aromatic rings. The minimum absolute atomic E-state index is 0.0149. The third-order valence-electron chi connectivity index (χ3n) is 2.53. The number of benzene rings is 2. The molecule has 0 fully saturated rings. The van der Waals surface area contributed by atoms with Crippen molar-refractivity contribution in [3.63, 3.8) is 0 Å². The van der Waals surface area contributed by atoms with Gasteiger partial charge in [0.25, 0.3) is 0 Å². The zero-order valence-electron chi connectivity index (χ0n) is 10.1. The van der Waals surface area contributed by atoms with Crippen molar-refractivity contribution in [3.05, 3.63) is 64.9 Å². The molecule has 0 bridgehead atoms. The van der Waals surface area contributed by atoms with Crippen LogP contribution in [0.5, 0.6) is 5.75 Å². The summed E-state index contributed by atoms with van der Waals surface area (Å²) in [4.78, 5) is 11.7. The van der Waals surface area contributed by atoms with Gasteiger partial charge in [0.1, 0.15) is 18.2 Å². The molecule has 0 saturated heterocycles. The highest BCUT2D eigenvalue weighted by Crippen LogP contribution is 2.15. The third kappa shape index (κ3) is 4.38. The first kappa shape index (κ1) is 13.6. The van der Waals surface area contributed by atoms with Crippen LogP contribution < -0.4 is 4.74 Å². The lowest BCUT2D eigenvalue weighted by atomic mass is 10.1. The maximum absolute atomic E-state index is 12.7. The molecule has 0 saturated carbocycles. The number of hydrogen-bond donors (Lipinski definition) is 0. The molecule has 0 heterocycles. The quantitative estimate of drug-likeness (QED) is 0.834. The number of halogens is 2. The summed E-state index contributed by atoms with van der Waals surface area (Å²) in [6.07, 6.45) is 0.230. The summed E-state index contributed by atoms with van der Waals surface area (Å²) in [6, 6.07) is 12.7. The summed E-state index contributed by atoms with van der Waals surface area (Å²) in [5.74, 6) is 0.215. The SMILES string of the molecule is O=C(COc1ccc(Cl)cc1)Cc1ccc(F)cc1. The van der Waals surface area contributed by atoms with Crippen molar-refractivity contribution in [1.82, 2.24) is 0 Å². The molecular weight excluding hydrogens is 267 g/mol. The number of hydrogen-bond acceptors (Lipinski definition) is 2. The zero-order valence-corrected chi connectivity index (χ0v) is 10.9. The van der Waals surface area contributed by atoms with Gasteiger partial charge >= 0.3 is 0 Å². The van der Waals surface area contributed by atoms with Gasteiger partial charge in [0, 0.05) is 11.4 Å². The van der Waals surface area contributed by atoms with Crippen LogP contribution in [-0.2, 0) is 11.2 Å². The molecule has 0 spiro atoms. The number of ketones is 1. The van der Waals surface area contributed by atoms with E-state index in [4.69, 9.17) is 16.3 Å². The average Bonchev–Trinajstić information content (AvgIpc) is 2.41. The Morgan fingerprint density at radius 2 is 1.68 bits per heavy atom. The molecule has 0 radical (unpaired) electrons. The molecule has 0 amide bonds. The summed E-state index contributed by atoms with van der Waals surface area (Å²) < 4.78 is 18.0. The van der Waals surface area contributed by atoms with Gasteiger partial charge in [-0.1, -0.05) is 23.7 Å². The van der Waals surface area contributed by atoms with Crippen molar-refractivity contribution in [2.24, 2.45) is 0 Å². The highest BCUT2D eigenvalue weighted by molar-refractivity contribution is 6.30. The number of rotatable bonds is 5. The van der Waals surface area contributed by atoms with Crippen LogP contribution in [0.3, 0.4) is 0 Å². The van der Waals surface area contributed by atoms with Crippen molar-refractivity contribution in [2.75, 3.05) is 6.61 Å². The Labute approximate surface area is 115 Å². The molecule has 2 nitrogen and oxygen atoms in total. The highest BCUT2D eigenvalue weighted by Gasteiger charge is 2.05. The Morgan fingerprint density at radius 3 is 2.32 bits per heavy atom. The number of Topliss-reactive ketones (excluding diaryl/α,β-unsaturated/α-hetero) is 1. The van der Waals surface area contributed by atoms with Gasteiger partial charge in [-0.2, -0.15) is 0 Å². The van der Waals surface area contributed by atoms with Crippen molar-refractivity contribution in [1.29, 1.82) is 0 Å². The molecular formula is C15H12ClFO2. The summed E-state index contributed by atoms with van der Waals surface area (Å²) in [6.45, 7) is -0.0149. The lowest BCUT2D eigenvalue weighted by Gasteiger charge is -2.05. The second-order valence-electron chi connectivity index (χ2n) is 4.08. The van der Waals surface area contributed by atoms with E-state index >= 15 is 0 Å². The fourth-order valence-electron chi connectivity index (χ4n) is 1.58. The van der Waals surface area contributed by atoms with E-state index in [1.54, 1.807) is 36.4 Å². The van der Waals surface area contributed by atoms with Gasteiger partial charge in [-0.3, -0.25) is 4.79 Å². The van der Waals surface area contributed by atoms with Gasteiger partial charge < -0.3 is 4.74 Å². The van der Waals surface area contributed by atoms with E-state index in [1.807, 2.05) is 0 Å². The van der Waals surface area contributed by atoms with Crippen molar-refractivity contribution in [2.45, 2.75) is 6.42 Å². The summed E-state index contributed by atoms with van der Waals surface area (Å²) >= 11 is 5.74. The molecule has 2 rings (SSSR count). The maximum atomic E-state index is 12.7. The van der Waals surface area contributed by atoms with Crippen LogP contribution in [-0.4, -0.2) is 12.4 Å². The number of carbonyl (C=O) groups excluding carboxylic acids is 1. The standard InChI is InChI=1S/C15H12ClFO2/c16-12-3-7-15(8-4-12)19-10-14(18)9-11-1-5-13(17)6-2-11/h1-8H,9-10H2. The Morgan fingerprint density at radius 1 is 1.05 bits per heavy atom. The zero-order chi connectivity index (χ0) is 13.7. The molecule has 0 N–H and O–H groups in total. The molecule has 4 heteroatoms. The van der Waals surface area contributed by atoms with E-state index in [0.717, 1.165) is 5.56 Å². The first-order chi connectivity index (χ1) is 9.13. The van der Waals surface area contributed by atoms with E-state index in [0.29, 0.717) is 10.8 Å². The van der Waals surface area contributed by atoms with Crippen molar-refractivity contribution in [3.8, 4) is 5.75 Å². The topological polar surface area (TPSA) is 26.3 Å². The van der Waals surface area contributed by atoms with Gasteiger partial charge in [-0.25, -0.2) is 4.39 Å². The van der Waals surface area contributed by atoms with Gasteiger partial charge in [0.2, 0.25) is 0 Å². The van der Waals surface area contributed by atoms with Crippen LogP contribution in [0.25, 0.3) is 0 Å². The average molecular weight is 279 g/mol. The summed E-state index contributed by atoms with van der Waals surface area (Å²) in [7, 11) is 0. The minimum Gasteiger partial charge on any atom is -0.486 e. The lowest BCUT2D eigenvalue weighted by molar-refractivity contribution is -0.120. The molecule has 2 aromatic carbocycles. The van der Waals surface area contributed by atoms with Crippen LogP contribution >= 0.6 is 11.6 Å². The van der Waals surface area contributed by atoms with Crippen molar-refractivity contribution >= 4 is 17.4 Å². The second kappa shape index (κ2) is 6.34. The van der Waals surface area contributed by atoms with Crippen LogP contribution in [0, 0.1) is 5.82 Å². The van der Waals surface area contributed by atoms with Crippen LogP contribution in [0.15, 0.2) is 48.5 Å². The monoisotopic (exact) mass is 278 g/mol. The second-order valence-corrected chi connectivity index (χ2v) is 4.52. The van der Waals surface area contributed by atoms with Crippen LogP contribution in [0.1, 0.15) is 5.56 Å². The normalized spacial score (nSPS) is 10.2. The van der Waals surface area contributed by atoms with Crippen LogP contribution in [0.4, 0.5) is 4.39 Å². The predicted octanol–water partition coefficient (Wildman–Crippen LogP) is 3.67. The summed E-state index contributed by atoms with van der Waals surface area (Å²) in [5.41, 5.74) is 0.770. The van der Waals surface area contributed by atoms with E-state index in [-0.39, 0.29) is 24.6 Å². The molecule has 0 aliphatic carbocycles. The fourth-order valence-corrected chi connectivity index (χ4v) is 1.70. The van der Waals surface area contributed by atoms with E-state index in [1.165, 1.54) is 12.1 Å². The molecule has 0 aromatic heterocycles. The van der Waals surface area contributed by atoms with Gasteiger partial charge in [0.05, 0.1) is 0 Å². The van der Waals surface area contributed by atoms with Crippen LogP contribution in [0.2, 0.25) is 5.02 Å². The van der Waals surface area contributed by atoms with Gasteiger partial charge in [-0.15, -0.1) is 0 Å². The number of ether oxygens (including phenoxy) is 1. The molecule has 0 aliphatic rings. The van der Waals surface area contributed by atoms with Gasteiger partial charge in [0.15, 0.2) is 5.78 Å². The Balaban J connectivity index is 1.84. The predicted molar refractivity (Wildman–Crippen MR) is 72.1 cm³/mol. The van der Waals surface area contributed by atoms with E-state index in [9.17, 15) is 9.18 Å². The Bertz CT molecular complexity index is 549. The maximum Gasteiger partial charge on any atom is 0.174 e.